The van der Waals surface area contributed by atoms with E-state index in [9.17, 15) is 4.39 Å². The molecule has 2 rings (SSSR count). The lowest BCUT2D eigenvalue weighted by molar-refractivity contribution is 0.408. The van der Waals surface area contributed by atoms with Crippen molar-refractivity contribution in [3.63, 3.8) is 0 Å². The summed E-state index contributed by atoms with van der Waals surface area (Å²) in [5.41, 5.74) is 1.22. The third-order valence-electron chi connectivity index (χ3n) is 2.98. The van der Waals surface area contributed by atoms with Crippen LogP contribution in [0.3, 0.4) is 0 Å². The van der Waals surface area contributed by atoms with Gasteiger partial charge in [-0.1, -0.05) is 39.7 Å². The Morgan fingerprint density at radius 2 is 2.05 bits per heavy atom. The fourth-order valence-corrected chi connectivity index (χ4v) is 2.88. The van der Waals surface area contributed by atoms with Gasteiger partial charge in [-0.15, -0.1) is 11.6 Å². The van der Waals surface area contributed by atoms with Crippen molar-refractivity contribution in [1.29, 1.82) is 0 Å². The van der Waals surface area contributed by atoms with Crippen LogP contribution in [0.5, 0.6) is 5.75 Å². The van der Waals surface area contributed by atoms with Crippen molar-refractivity contribution in [2.75, 3.05) is 7.11 Å². The normalized spacial score (nSPS) is 12.2. The molecule has 2 aromatic rings. The average Bonchev–Trinajstić information content (AvgIpc) is 2.42. The van der Waals surface area contributed by atoms with Gasteiger partial charge < -0.3 is 4.74 Å². The van der Waals surface area contributed by atoms with Crippen molar-refractivity contribution in [2.24, 2.45) is 0 Å². The fourth-order valence-electron chi connectivity index (χ4n) is 1.96. The number of benzene rings is 2. The monoisotopic (exact) mass is 376 g/mol. The Morgan fingerprint density at radius 1 is 1.30 bits per heavy atom. The molecule has 0 saturated carbocycles. The van der Waals surface area contributed by atoms with Gasteiger partial charge in [0.2, 0.25) is 0 Å². The van der Waals surface area contributed by atoms with E-state index in [4.69, 9.17) is 27.9 Å². The molecule has 0 aliphatic heterocycles. The SMILES string of the molecule is COc1cc(Br)ccc1C(Cl)Cc1c(F)cccc1Cl. The molecule has 0 aliphatic carbocycles. The van der Waals surface area contributed by atoms with Gasteiger partial charge in [0.25, 0.3) is 0 Å². The molecular formula is C15H12BrCl2FO. The van der Waals surface area contributed by atoms with E-state index >= 15 is 0 Å². The lowest BCUT2D eigenvalue weighted by atomic mass is 10.0. The molecule has 0 saturated heterocycles. The molecule has 0 N–H and O–H groups in total. The molecule has 0 fully saturated rings. The molecule has 2 aromatic carbocycles. The van der Waals surface area contributed by atoms with Crippen molar-refractivity contribution >= 4 is 39.1 Å². The number of alkyl halides is 1. The van der Waals surface area contributed by atoms with Crippen molar-refractivity contribution < 1.29 is 9.13 Å². The Morgan fingerprint density at radius 3 is 2.70 bits per heavy atom. The molecule has 0 aromatic heterocycles. The molecular weight excluding hydrogens is 366 g/mol. The molecule has 106 valence electrons. The highest BCUT2D eigenvalue weighted by Gasteiger charge is 2.18. The van der Waals surface area contributed by atoms with Crippen LogP contribution in [0.25, 0.3) is 0 Å². The Kier molecular flexibility index (Phi) is 5.30. The molecule has 5 heteroatoms. The first-order chi connectivity index (χ1) is 9.52. The summed E-state index contributed by atoms with van der Waals surface area (Å²) in [6, 6.07) is 10.2. The van der Waals surface area contributed by atoms with Gasteiger partial charge in [0.05, 0.1) is 12.5 Å². The van der Waals surface area contributed by atoms with E-state index in [-0.39, 0.29) is 5.82 Å². The van der Waals surface area contributed by atoms with E-state index in [1.807, 2.05) is 18.2 Å². The average molecular weight is 378 g/mol. The minimum absolute atomic E-state index is 0.297. The van der Waals surface area contributed by atoms with Crippen LogP contribution in [-0.2, 0) is 6.42 Å². The Balaban J connectivity index is 2.31. The van der Waals surface area contributed by atoms with Crippen LogP contribution >= 0.6 is 39.1 Å². The predicted molar refractivity (Wildman–Crippen MR) is 84.4 cm³/mol. The number of methoxy groups -OCH3 is 1. The van der Waals surface area contributed by atoms with Crippen molar-refractivity contribution in [2.45, 2.75) is 11.8 Å². The highest BCUT2D eigenvalue weighted by molar-refractivity contribution is 9.10. The van der Waals surface area contributed by atoms with E-state index in [0.29, 0.717) is 22.8 Å². The van der Waals surface area contributed by atoms with Gasteiger partial charge in [-0.2, -0.15) is 0 Å². The molecule has 20 heavy (non-hydrogen) atoms. The molecule has 0 heterocycles. The molecule has 0 spiro atoms. The third-order valence-corrected chi connectivity index (χ3v) is 4.21. The number of hydrogen-bond donors (Lipinski definition) is 0. The van der Waals surface area contributed by atoms with Crippen LogP contribution in [0.1, 0.15) is 16.5 Å². The summed E-state index contributed by atoms with van der Waals surface area (Å²) < 4.78 is 20.0. The predicted octanol–water partition coefficient (Wildman–Crippen LogP) is 5.77. The molecule has 1 unspecified atom stereocenters. The number of rotatable bonds is 4. The molecule has 0 aliphatic rings. The number of hydrogen-bond acceptors (Lipinski definition) is 1. The van der Waals surface area contributed by atoms with Gasteiger partial charge >= 0.3 is 0 Å². The topological polar surface area (TPSA) is 9.23 Å². The molecule has 0 amide bonds. The summed E-state index contributed by atoms with van der Waals surface area (Å²) in [5, 5.41) is -0.0424. The van der Waals surface area contributed by atoms with Crippen LogP contribution in [0.2, 0.25) is 5.02 Å². The number of ether oxygens (including phenoxy) is 1. The second-order valence-electron chi connectivity index (χ2n) is 4.26. The van der Waals surface area contributed by atoms with Crippen molar-refractivity contribution in [3.8, 4) is 5.75 Å². The third kappa shape index (κ3) is 3.46. The quantitative estimate of drug-likeness (QED) is 0.614. The first-order valence-electron chi connectivity index (χ1n) is 5.93. The summed E-state index contributed by atoms with van der Waals surface area (Å²) in [7, 11) is 1.57. The first kappa shape index (κ1) is 15.6. The van der Waals surface area contributed by atoms with Gasteiger partial charge in [0, 0.05) is 20.6 Å². The lowest BCUT2D eigenvalue weighted by Crippen LogP contribution is -2.02. The van der Waals surface area contributed by atoms with Gasteiger partial charge in [0.15, 0.2) is 0 Å². The summed E-state index contributed by atoms with van der Waals surface area (Å²) in [4.78, 5) is 0. The maximum atomic E-state index is 13.8. The second kappa shape index (κ2) is 6.79. The van der Waals surface area contributed by atoms with Crippen LogP contribution in [-0.4, -0.2) is 7.11 Å². The maximum absolute atomic E-state index is 13.8. The zero-order valence-corrected chi connectivity index (χ0v) is 13.8. The highest BCUT2D eigenvalue weighted by Crippen LogP contribution is 2.36. The Bertz CT molecular complexity index is 599. The molecule has 0 radical (unpaired) electrons. The zero-order chi connectivity index (χ0) is 14.7. The van der Waals surface area contributed by atoms with Gasteiger partial charge in [-0.05, 0) is 30.7 Å². The van der Waals surface area contributed by atoms with Crippen molar-refractivity contribution in [3.05, 3.63) is 62.8 Å². The molecule has 0 bridgehead atoms. The van der Waals surface area contributed by atoms with Crippen LogP contribution in [0.15, 0.2) is 40.9 Å². The minimum Gasteiger partial charge on any atom is -0.496 e. The summed E-state index contributed by atoms with van der Waals surface area (Å²) >= 11 is 15.8. The van der Waals surface area contributed by atoms with Gasteiger partial charge in [-0.25, -0.2) is 4.39 Å². The van der Waals surface area contributed by atoms with Crippen molar-refractivity contribution in [1.82, 2.24) is 0 Å². The van der Waals surface area contributed by atoms with E-state index in [0.717, 1.165) is 10.0 Å². The molecule has 1 atom stereocenters. The summed E-state index contributed by atoms with van der Waals surface area (Å²) in [6.45, 7) is 0. The summed E-state index contributed by atoms with van der Waals surface area (Å²) in [5.74, 6) is 0.311. The number of halogens is 4. The standard InChI is InChI=1S/C15H12BrCl2FO/c1-20-15-7-9(16)5-6-10(15)13(18)8-11-12(17)3-2-4-14(11)19/h2-7,13H,8H2,1H3. The van der Waals surface area contributed by atoms with Crippen LogP contribution in [0, 0.1) is 5.82 Å². The van der Waals surface area contributed by atoms with Gasteiger partial charge in [-0.3, -0.25) is 0 Å². The fraction of sp³-hybridized carbons (Fsp3) is 0.200. The first-order valence-corrected chi connectivity index (χ1v) is 7.54. The largest absolute Gasteiger partial charge is 0.496 e. The van der Waals surface area contributed by atoms with Crippen LogP contribution < -0.4 is 4.74 Å². The maximum Gasteiger partial charge on any atom is 0.127 e. The minimum atomic E-state index is -0.424. The zero-order valence-electron chi connectivity index (χ0n) is 10.7. The summed E-state index contributed by atoms with van der Waals surface area (Å²) in [6.07, 6.45) is 0.297. The van der Waals surface area contributed by atoms with E-state index in [1.54, 1.807) is 19.2 Å². The van der Waals surface area contributed by atoms with E-state index < -0.39 is 5.38 Å². The van der Waals surface area contributed by atoms with E-state index in [2.05, 4.69) is 15.9 Å². The second-order valence-corrected chi connectivity index (χ2v) is 6.11. The lowest BCUT2D eigenvalue weighted by Gasteiger charge is -2.15. The molecule has 1 nitrogen and oxygen atoms in total. The Labute approximate surface area is 135 Å². The van der Waals surface area contributed by atoms with Crippen LogP contribution in [0.4, 0.5) is 4.39 Å². The highest BCUT2D eigenvalue weighted by atomic mass is 79.9. The van der Waals surface area contributed by atoms with Gasteiger partial charge in [0.1, 0.15) is 11.6 Å². The van der Waals surface area contributed by atoms with E-state index in [1.165, 1.54) is 6.07 Å². The Hall–Kier alpha value is -0.770. The smallest absolute Gasteiger partial charge is 0.127 e.